The summed E-state index contributed by atoms with van der Waals surface area (Å²) in [5, 5.41) is 0. The van der Waals surface area contributed by atoms with Crippen molar-refractivity contribution in [1.29, 1.82) is 0 Å². The van der Waals surface area contributed by atoms with E-state index in [-0.39, 0.29) is 0 Å². The van der Waals surface area contributed by atoms with Gasteiger partial charge in [-0.2, -0.15) is 0 Å². The van der Waals surface area contributed by atoms with E-state index in [4.69, 9.17) is 9.47 Å². The quantitative estimate of drug-likeness (QED) is 0.758. The molecule has 0 saturated heterocycles. The Morgan fingerprint density at radius 3 is 2.79 bits per heavy atom. The third-order valence-corrected chi connectivity index (χ3v) is 4.67. The average molecular weight is 326 g/mol. The molecule has 2 heterocycles. The molecule has 0 aliphatic heterocycles. The molecule has 5 heteroatoms. The number of ether oxygens (including phenoxy) is 2. The number of aromatic nitrogens is 2. The molecule has 1 aliphatic rings. The summed E-state index contributed by atoms with van der Waals surface area (Å²) in [5.41, 5.74) is 1.50. The topological polar surface area (TPSA) is 61.3 Å². The fourth-order valence-electron chi connectivity index (χ4n) is 3.48. The third-order valence-electron chi connectivity index (χ3n) is 4.67. The smallest absolute Gasteiger partial charge is 0.216 e. The van der Waals surface area contributed by atoms with Crippen LogP contribution in [0.3, 0.4) is 0 Å². The highest BCUT2D eigenvalue weighted by molar-refractivity contribution is 5.75. The van der Waals surface area contributed by atoms with Crippen molar-refractivity contribution in [1.82, 2.24) is 9.97 Å². The van der Waals surface area contributed by atoms with Crippen LogP contribution in [-0.2, 0) is 0 Å². The van der Waals surface area contributed by atoms with E-state index in [1.165, 1.54) is 12.8 Å². The van der Waals surface area contributed by atoms with Crippen LogP contribution >= 0.6 is 0 Å². The summed E-state index contributed by atoms with van der Waals surface area (Å²) in [6, 6.07) is 7.62. The van der Waals surface area contributed by atoms with Crippen molar-refractivity contribution in [3.63, 3.8) is 0 Å². The van der Waals surface area contributed by atoms with Crippen LogP contribution in [0.1, 0.15) is 47.7 Å². The van der Waals surface area contributed by atoms with E-state index in [0.29, 0.717) is 35.8 Å². The molecular formula is C19H22N2O3. The second-order valence-electron chi connectivity index (χ2n) is 6.07. The van der Waals surface area contributed by atoms with Gasteiger partial charge in [-0.05, 0) is 37.0 Å². The number of hydrogen-bond acceptors (Lipinski definition) is 5. The largest absolute Gasteiger partial charge is 0.491 e. The predicted molar refractivity (Wildman–Crippen MR) is 90.6 cm³/mol. The van der Waals surface area contributed by atoms with E-state index in [9.17, 15) is 4.79 Å². The number of rotatable bonds is 6. The van der Waals surface area contributed by atoms with Crippen LogP contribution in [-0.4, -0.2) is 30.0 Å². The Labute approximate surface area is 142 Å². The van der Waals surface area contributed by atoms with E-state index < -0.39 is 0 Å². The predicted octanol–water partition coefficient (Wildman–Crippen LogP) is 3.65. The molecule has 0 bridgehead atoms. The minimum absolute atomic E-state index is 0.351. The van der Waals surface area contributed by atoms with Gasteiger partial charge in [0.05, 0.1) is 13.7 Å². The van der Waals surface area contributed by atoms with E-state index in [1.807, 2.05) is 6.07 Å². The fraction of sp³-hybridized carbons (Fsp3) is 0.421. The summed E-state index contributed by atoms with van der Waals surface area (Å²) >= 11 is 0. The van der Waals surface area contributed by atoms with Crippen molar-refractivity contribution < 1.29 is 14.3 Å². The van der Waals surface area contributed by atoms with Gasteiger partial charge in [0, 0.05) is 23.9 Å². The molecule has 2 aromatic rings. The Bertz CT molecular complexity index is 690. The monoisotopic (exact) mass is 326 g/mol. The second-order valence-corrected chi connectivity index (χ2v) is 6.07. The third kappa shape index (κ3) is 3.55. The first-order chi connectivity index (χ1) is 11.8. The molecule has 0 amide bonds. The average Bonchev–Trinajstić information content (AvgIpc) is 2.66. The number of methoxy groups -OCH3 is 1. The summed E-state index contributed by atoms with van der Waals surface area (Å²) in [5.74, 6) is 1.98. The maximum Gasteiger partial charge on any atom is 0.216 e. The lowest BCUT2D eigenvalue weighted by Crippen LogP contribution is -2.24. The van der Waals surface area contributed by atoms with Gasteiger partial charge in [-0.1, -0.05) is 18.9 Å². The second kappa shape index (κ2) is 7.90. The van der Waals surface area contributed by atoms with Crippen molar-refractivity contribution in [2.24, 2.45) is 5.92 Å². The molecule has 2 aromatic heterocycles. The highest BCUT2D eigenvalue weighted by Gasteiger charge is 2.29. The van der Waals surface area contributed by atoms with Crippen molar-refractivity contribution in [3.8, 4) is 11.6 Å². The molecule has 5 nitrogen and oxygen atoms in total. The maximum atomic E-state index is 11.1. The molecule has 2 unspecified atom stereocenters. The molecule has 1 saturated carbocycles. The summed E-state index contributed by atoms with van der Waals surface area (Å²) < 4.78 is 11.4. The SMILES string of the molecule is COc1ncccc1C1CCCCC1COc1cccnc1C=O. The van der Waals surface area contributed by atoms with E-state index in [1.54, 1.807) is 31.6 Å². The molecule has 0 radical (unpaired) electrons. The molecule has 24 heavy (non-hydrogen) atoms. The van der Waals surface area contributed by atoms with Crippen LogP contribution in [0.4, 0.5) is 0 Å². The molecule has 2 atom stereocenters. The minimum Gasteiger partial charge on any atom is -0.491 e. The Kier molecular flexibility index (Phi) is 5.41. The van der Waals surface area contributed by atoms with Gasteiger partial charge in [-0.25, -0.2) is 9.97 Å². The molecule has 1 fully saturated rings. The van der Waals surface area contributed by atoms with Gasteiger partial charge in [0.1, 0.15) is 11.4 Å². The number of hydrogen-bond donors (Lipinski definition) is 0. The maximum absolute atomic E-state index is 11.1. The first-order valence-electron chi connectivity index (χ1n) is 8.35. The number of nitrogens with zero attached hydrogens (tertiary/aromatic N) is 2. The van der Waals surface area contributed by atoms with Gasteiger partial charge in [0.2, 0.25) is 5.88 Å². The normalized spacial score (nSPS) is 20.4. The van der Waals surface area contributed by atoms with Gasteiger partial charge < -0.3 is 9.47 Å². The first-order valence-corrected chi connectivity index (χ1v) is 8.35. The van der Waals surface area contributed by atoms with Crippen LogP contribution < -0.4 is 9.47 Å². The molecular weight excluding hydrogens is 304 g/mol. The number of carbonyl (C=O) groups excluding carboxylic acids is 1. The summed E-state index contributed by atoms with van der Waals surface area (Å²) in [4.78, 5) is 19.5. The molecule has 126 valence electrons. The van der Waals surface area contributed by atoms with Crippen molar-refractivity contribution in [3.05, 3.63) is 47.9 Å². The Morgan fingerprint density at radius 1 is 1.17 bits per heavy atom. The molecule has 0 spiro atoms. The van der Waals surface area contributed by atoms with E-state index >= 15 is 0 Å². The van der Waals surface area contributed by atoms with Gasteiger partial charge in [0.15, 0.2) is 6.29 Å². The first kappa shape index (κ1) is 16.4. The van der Waals surface area contributed by atoms with Crippen molar-refractivity contribution in [2.45, 2.75) is 31.6 Å². The lowest BCUT2D eigenvalue weighted by Gasteiger charge is -2.32. The number of pyridine rings is 2. The standard InChI is InChI=1S/C19H22N2O3/c1-23-19-16(8-4-11-21-19)15-7-3-2-6-14(15)13-24-18-9-5-10-20-17(18)12-22/h4-5,8-12,14-15H,2-3,6-7,13H2,1H3. The number of carbonyl (C=O) groups is 1. The molecule has 0 aromatic carbocycles. The van der Waals surface area contributed by atoms with Gasteiger partial charge >= 0.3 is 0 Å². The van der Waals surface area contributed by atoms with Crippen LogP contribution in [0.5, 0.6) is 11.6 Å². The molecule has 3 rings (SSSR count). The summed E-state index contributed by atoms with van der Waals surface area (Å²) in [6.45, 7) is 0.565. The number of aldehydes is 1. The van der Waals surface area contributed by atoms with Crippen LogP contribution in [0.25, 0.3) is 0 Å². The zero-order valence-corrected chi connectivity index (χ0v) is 13.9. The molecule has 0 N–H and O–H groups in total. The van der Waals surface area contributed by atoms with Crippen molar-refractivity contribution in [2.75, 3.05) is 13.7 Å². The Morgan fingerprint density at radius 2 is 1.96 bits per heavy atom. The van der Waals surface area contributed by atoms with E-state index in [2.05, 4.69) is 16.0 Å². The lowest BCUT2D eigenvalue weighted by atomic mass is 9.76. The molecule has 1 aliphatic carbocycles. The van der Waals surface area contributed by atoms with Gasteiger partial charge in [-0.15, -0.1) is 0 Å². The zero-order valence-electron chi connectivity index (χ0n) is 13.9. The Balaban J connectivity index is 1.76. The van der Waals surface area contributed by atoms with Crippen LogP contribution in [0.15, 0.2) is 36.7 Å². The van der Waals surface area contributed by atoms with Crippen LogP contribution in [0.2, 0.25) is 0 Å². The minimum atomic E-state index is 0.351. The zero-order chi connectivity index (χ0) is 16.8. The highest BCUT2D eigenvalue weighted by Crippen LogP contribution is 2.40. The summed E-state index contributed by atoms with van der Waals surface area (Å²) in [7, 11) is 1.66. The lowest BCUT2D eigenvalue weighted by molar-refractivity contribution is 0.111. The van der Waals surface area contributed by atoms with E-state index in [0.717, 1.165) is 24.7 Å². The van der Waals surface area contributed by atoms with Gasteiger partial charge in [-0.3, -0.25) is 4.79 Å². The van der Waals surface area contributed by atoms with Crippen LogP contribution in [0, 0.1) is 5.92 Å². The van der Waals surface area contributed by atoms with Crippen molar-refractivity contribution >= 4 is 6.29 Å². The van der Waals surface area contributed by atoms with Gasteiger partial charge in [0.25, 0.3) is 0 Å². The highest BCUT2D eigenvalue weighted by atomic mass is 16.5. The fourth-order valence-corrected chi connectivity index (χ4v) is 3.48. The Hall–Kier alpha value is -2.43. The summed E-state index contributed by atoms with van der Waals surface area (Å²) in [6.07, 6.45) is 8.68.